The van der Waals surface area contributed by atoms with Gasteiger partial charge in [0.25, 0.3) is 5.19 Å². The lowest BCUT2D eigenvalue weighted by atomic mass is 10.0. The van der Waals surface area contributed by atoms with Crippen molar-refractivity contribution in [2.24, 2.45) is 0 Å². The number of benzene rings is 3. The van der Waals surface area contributed by atoms with Crippen molar-refractivity contribution in [3.8, 4) is 27.8 Å². The number of hydrogen-bond acceptors (Lipinski definition) is 4. The lowest BCUT2D eigenvalue weighted by molar-refractivity contribution is -0.137. The summed E-state index contributed by atoms with van der Waals surface area (Å²) < 4.78 is 51.5. The van der Waals surface area contributed by atoms with E-state index < -0.39 is 11.7 Å². The standard InChI is InChI=1S/C21H14F3NO2S/c1-26-15-9-10-18(27-20-25-17-7-2-3-8-19(17)28-20)16(12-15)13-5-4-6-14(11-13)21(22,23)24/h2-12H,1H3. The molecule has 0 bridgehead atoms. The zero-order chi connectivity index (χ0) is 19.7. The molecule has 4 aromatic rings. The number of aromatic nitrogens is 1. The van der Waals surface area contributed by atoms with Crippen LogP contribution in [0, 0.1) is 0 Å². The van der Waals surface area contributed by atoms with E-state index in [0.29, 0.717) is 27.8 Å². The number of para-hydroxylation sites is 1. The molecule has 0 radical (unpaired) electrons. The van der Waals surface area contributed by atoms with Crippen LogP contribution in [0.25, 0.3) is 21.3 Å². The molecular weight excluding hydrogens is 387 g/mol. The number of rotatable bonds is 4. The fraction of sp³-hybridized carbons (Fsp3) is 0.0952. The van der Waals surface area contributed by atoms with Crippen LogP contribution < -0.4 is 9.47 Å². The molecule has 0 saturated heterocycles. The number of nitrogens with zero attached hydrogens (tertiary/aromatic N) is 1. The van der Waals surface area contributed by atoms with Gasteiger partial charge >= 0.3 is 6.18 Å². The maximum Gasteiger partial charge on any atom is 0.416 e. The second kappa shape index (κ2) is 7.16. The number of alkyl halides is 3. The number of hydrogen-bond donors (Lipinski definition) is 0. The smallest absolute Gasteiger partial charge is 0.416 e. The van der Waals surface area contributed by atoms with Gasteiger partial charge in [0.15, 0.2) is 0 Å². The van der Waals surface area contributed by atoms with Crippen molar-refractivity contribution < 1.29 is 22.6 Å². The summed E-state index contributed by atoms with van der Waals surface area (Å²) in [7, 11) is 1.50. The Morgan fingerprint density at radius 1 is 0.929 bits per heavy atom. The molecular formula is C21H14F3NO2S. The molecule has 0 unspecified atom stereocenters. The largest absolute Gasteiger partial charge is 0.497 e. The van der Waals surface area contributed by atoms with Crippen LogP contribution in [-0.4, -0.2) is 12.1 Å². The predicted octanol–water partition coefficient (Wildman–Crippen LogP) is 6.78. The van der Waals surface area contributed by atoms with Gasteiger partial charge in [0, 0.05) is 5.56 Å². The summed E-state index contributed by atoms with van der Waals surface area (Å²) in [5, 5.41) is 0.416. The molecule has 28 heavy (non-hydrogen) atoms. The van der Waals surface area contributed by atoms with E-state index >= 15 is 0 Å². The van der Waals surface area contributed by atoms with Crippen molar-refractivity contribution in [1.82, 2.24) is 4.98 Å². The van der Waals surface area contributed by atoms with Crippen LogP contribution in [0.15, 0.2) is 66.7 Å². The number of halogens is 3. The monoisotopic (exact) mass is 401 g/mol. The van der Waals surface area contributed by atoms with Crippen LogP contribution in [0.3, 0.4) is 0 Å². The van der Waals surface area contributed by atoms with Gasteiger partial charge in [-0.2, -0.15) is 13.2 Å². The highest BCUT2D eigenvalue weighted by Gasteiger charge is 2.30. The second-order valence-electron chi connectivity index (χ2n) is 5.99. The fourth-order valence-corrected chi connectivity index (χ4v) is 3.63. The Hall–Kier alpha value is -3.06. The van der Waals surface area contributed by atoms with E-state index in [2.05, 4.69) is 4.98 Å². The molecule has 1 aromatic heterocycles. The third-order valence-corrected chi connectivity index (χ3v) is 5.07. The Bertz CT molecular complexity index is 1100. The number of fused-ring (bicyclic) bond motifs is 1. The molecule has 142 valence electrons. The minimum Gasteiger partial charge on any atom is -0.497 e. The summed E-state index contributed by atoms with van der Waals surface area (Å²) in [5.41, 5.74) is 0.949. The minimum atomic E-state index is -4.43. The summed E-state index contributed by atoms with van der Waals surface area (Å²) >= 11 is 1.37. The molecule has 4 rings (SSSR count). The van der Waals surface area contributed by atoms with E-state index in [1.54, 1.807) is 24.3 Å². The SMILES string of the molecule is COc1ccc(Oc2nc3ccccc3s2)c(-c2cccc(C(F)(F)F)c2)c1. The summed E-state index contributed by atoms with van der Waals surface area (Å²) in [6.45, 7) is 0. The molecule has 0 saturated carbocycles. The van der Waals surface area contributed by atoms with Gasteiger partial charge in [-0.3, -0.25) is 0 Å². The molecule has 1 heterocycles. The van der Waals surface area contributed by atoms with Crippen LogP contribution in [0.4, 0.5) is 13.2 Å². The van der Waals surface area contributed by atoms with E-state index in [9.17, 15) is 13.2 Å². The van der Waals surface area contributed by atoms with Gasteiger partial charge in [-0.1, -0.05) is 35.6 Å². The Labute approximate surface area is 163 Å². The first-order valence-electron chi connectivity index (χ1n) is 8.33. The summed E-state index contributed by atoms with van der Waals surface area (Å²) in [6, 6.07) is 17.7. The van der Waals surface area contributed by atoms with Crippen LogP contribution >= 0.6 is 11.3 Å². The molecule has 0 spiro atoms. The Morgan fingerprint density at radius 3 is 2.50 bits per heavy atom. The number of thiazole rings is 1. The van der Waals surface area contributed by atoms with Crippen LogP contribution in [-0.2, 0) is 6.18 Å². The molecule has 3 nitrogen and oxygen atoms in total. The average molecular weight is 401 g/mol. The maximum atomic E-state index is 13.1. The third-order valence-electron chi connectivity index (χ3n) is 4.16. The summed E-state index contributed by atoms with van der Waals surface area (Å²) in [5.74, 6) is 0.920. The van der Waals surface area contributed by atoms with E-state index in [1.165, 1.54) is 24.5 Å². The molecule has 7 heteroatoms. The van der Waals surface area contributed by atoms with Gasteiger partial charge in [-0.15, -0.1) is 0 Å². The third kappa shape index (κ3) is 3.66. The van der Waals surface area contributed by atoms with Gasteiger partial charge in [0.1, 0.15) is 11.5 Å². The molecule has 0 aliphatic rings. The highest BCUT2D eigenvalue weighted by Crippen LogP contribution is 2.40. The Balaban J connectivity index is 1.78. The maximum absolute atomic E-state index is 13.1. The molecule has 0 aliphatic heterocycles. The van der Waals surface area contributed by atoms with Gasteiger partial charge in [0.05, 0.1) is 22.9 Å². The Kier molecular flexibility index (Phi) is 4.68. The quantitative estimate of drug-likeness (QED) is 0.378. The highest BCUT2D eigenvalue weighted by atomic mass is 32.1. The summed E-state index contributed by atoms with van der Waals surface area (Å²) in [6.07, 6.45) is -4.43. The van der Waals surface area contributed by atoms with Gasteiger partial charge in [-0.25, -0.2) is 4.98 Å². The first-order valence-corrected chi connectivity index (χ1v) is 9.15. The zero-order valence-corrected chi connectivity index (χ0v) is 15.5. The molecule has 0 N–H and O–H groups in total. The second-order valence-corrected chi connectivity index (χ2v) is 6.98. The fourth-order valence-electron chi connectivity index (χ4n) is 2.80. The van der Waals surface area contributed by atoms with Crippen molar-refractivity contribution in [3.05, 3.63) is 72.3 Å². The molecule has 0 atom stereocenters. The van der Waals surface area contributed by atoms with Crippen LogP contribution in [0.1, 0.15) is 5.56 Å². The van der Waals surface area contributed by atoms with E-state index in [1.807, 2.05) is 24.3 Å². The van der Waals surface area contributed by atoms with E-state index in [0.717, 1.165) is 22.3 Å². The highest BCUT2D eigenvalue weighted by molar-refractivity contribution is 7.20. The lowest BCUT2D eigenvalue weighted by Gasteiger charge is -2.13. The topological polar surface area (TPSA) is 31.4 Å². The molecule has 0 aliphatic carbocycles. The van der Waals surface area contributed by atoms with Crippen molar-refractivity contribution in [3.63, 3.8) is 0 Å². The normalized spacial score (nSPS) is 11.6. The average Bonchev–Trinajstić information content (AvgIpc) is 3.10. The first-order chi connectivity index (χ1) is 13.4. The van der Waals surface area contributed by atoms with Gasteiger partial charge in [-0.05, 0) is 48.0 Å². The first kappa shape index (κ1) is 18.3. The van der Waals surface area contributed by atoms with Crippen molar-refractivity contribution in [1.29, 1.82) is 0 Å². The van der Waals surface area contributed by atoms with Gasteiger partial charge < -0.3 is 9.47 Å². The summed E-state index contributed by atoms with van der Waals surface area (Å²) in [4.78, 5) is 4.43. The number of ether oxygens (including phenoxy) is 2. The van der Waals surface area contributed by atoms with Crippen molar-refractivity contribution in [2.45, 2.75) is 6.18 Å². The zero-order valence-electron chi connectivity index (χ0n) is 14.7. The van der Waals surface area contributed by atoms with Crippen molar-refractivity contribution in [2.75, 3.05) is 7.11 Å². The number of methoxy groups -OCH3 is 1. The van der Waals surface area contributed by atoms with E-state index in [-0.39, 0.29) is 0 Å². The van der Waals surface area contributed by atoms with Crippen LogP contribution in [0.2, 0.25) is 0 Å². The Morgan fingerprint density at radius 2 is 1.75 bits per heavy atom. The van der Waals surface area contributed by atoms with E-state index in [4.69, 9.17) is 9.47 Å². The van der Waals surface area contributed by atoms with Crippen molar-refractivity contribution >= 4 is 21.6 Å². The van der Waals surface area contributed by atoms with Gasteiger partial charge in [0.2, 0.25) is 0 Å². The molecule has 0 fully saturated rings. The predicted molar refractivity (Wildman–Crippen MR) is 103 cm³/mol. The van der Waals surface area contributed by atoms with Crippen LogP contribution in [0.5, 0.6) is 16.7 Å². The lowest BCUT2D eigenvalue weighted by Crippen LogP contribution is -2.04. The minimum absolute atomic E-state index is 0.379. The molecule has 3 aromatic carbocycles. The molecule has 0 amide bonds.